The fourth-order valence-corrected chi connectivity index (χ4v) is 2.66. The van der Waals surface area contributed by atoms with Crippen molar-refractivity contribution in [2.24, 2.45) is 5.92 Å². The molecule has 1 saturated heterocycles. The summed E-state index contributed by atoms with van der Waals surface area (Å²) < 4.78 is 0. The molecule has 1 aromatic carbocycles. The summed E-state index contributed by atoms with van der Waals surface area (Å²) in [5.74, 6) is 0.127. The van der Waals surface area contributed by atoms with E-state index in [-0.39, 0.29) is 24.0 Å². The van der Waals surface area contributed by atoms with Crippen LogP contribution >= 0.6 is 0 Å². The lowest BCUT2D eigenvalue weighted by Crippen LogP contribution is -3.12. The smallest absolute Gasteiger partial charge is 0.269 e. The number of non-ortho nitro benzene ring substituents is 1. The summed E-state index contributed by atoms with van der Waals surface area (Å²) in [6.07, 6.45) is 2.03. The standard InChI is InChI=1S/C13H18N2O4/c16-9-10-2-1-5-14(7-10)8-11-6-12(15(18)19)3-4-13(11)17/h3-4,6,10,16-17H,1-2,5,7-9H2/t10-/m0/s1. The molecule has 1 fully saturated rings. The molecule has 0 aliphatic carbocycles. The van der Waals surface area contributed by atoms with Crippen LogP contribution in [-0.2, 0) is 6.54 Å². The maximum Gasteiger partial charge on any atom is 0.269 e. The van der Waals surface area contributed by atoms with Crippen molar-refractivity contribution in [1.29, 1.82) is 0 Å². The highest BCUT2D eigenvalue weighted by Crippen LogP contribution is 2.20. The van der Waals surface area contributed by atoms with E-state index in [1.165, 1.54) is 23.1 Å². The highest BCUT2D eigenvalue weighted by molar-refractivity contribution is 5.41. The van der Waals surface area contributed by atoms with Gasteiger partial charge in [0.1, 0.15) is 6.54 Å². The average molecular weight is 266 g/mol. The van der Waals surface area contributed by atoms with Gasteiger partial charge in [0.25, 0.3) is 5.69 Å². The number of nitrogens with one attached hydrogen (secondary N) is 1. The van der Waals surface area contributed by atoms with Crippen LogP contribution in [0.25, 0.3) is 0 Å². The van der Waals surface area contributed by atoms with Crippen molar-refractivity contribution in [3.8, 4) is 5.75 Å². The normalized spacial score (nSPS) is 23.2. The Kier molecular flexibility index (Phi) is 4.34. The Bertz CT molecular complexity index is 464. The number of rotatable bonds is 4. The molecule has 1 aliphatic rings. The zero-order valence-corrected chi connectivity index (χ0v) is 10.7. The zero-order valence-electron chi connectivity index (χ0n) is 10.7. The molecule has 104 valence electrons. The summed E-state index contributed by atoms with van der Waals surface area (Å²) in [7, 11) is 0. The fourth-order valence-electron chi connectivity index (χ4n) is 2.66. The number of likely N-dealkylation sites (tertiary alicyclic amines) is 1. The maximum atomic E-state index is 11.7. The Morgan fingerprint density at radius 1 is 1.47 bits per heavy atom. The number of benzene rings is 1. The Balaban J connectivity index is 2.09. The third kappa shape index (κ3) is 3.42. The lowest BCUT2D eigenvalue weighted by Gasteiger charge is -2.29. The molecule has 0 spiro atoms. The van der Waals surface area contributed by atoms with Crippen molar-refractivity contribution in [1.82, 2.24) is 0 Å². The van der Waals surface area contributed by atoms with E-state index in [1.807, 2.05) is 0 Å². The molecule has 6 heteroatoms. The molecule has 0 aromatic heterocycles. The predicted molar refractivity (Wildman–Crippen MR) is 66.8 cm³/mol. The number of hydrogen-bond donors (Lipinski definition) is 2. The van der Waals surface area contributed by atoms with Crippen molar-refractivity contribution in [2.45, 2.75) is 19.4 Å². The molecule has 0 bridgehead atoms. The number of nitro benzene ring substituents is 1. The second kappa shape index (κ2) is 5.99. The van der Waals surface area contributed by atoms with E-state index in [4.69, 9.17) is 0 Å². The van der Waals surface area contributed by atoms with Crippen LogP contribution in [0.3, 0.4) is 0 Å². The van der Waals surface area contributed by atoms with E-state index in [1.54, 1.807) is 0 Å². The topological polar surface area (TPSA) is 90.9 Å². The zero-order chi connectivity index (χ0) is 13.8. The molecule has 1 unspecified atom stereocenters. The Morgan fingerprint density at radius 2 is 2.26 bits per heavy atom. The maximum absolute atomic E-state index is 11.7. The predicted octanol–water partition coefficient (Wildman–Crippen LogP) is -0.544. The van der Waals surface area contributed by atoms with E-state index in [2.05, 4.69) is 0 Å². The first-order valence-electron chi connectivity index (χ1n) is 6.49. The molecule has 1 heterocycles. The second-order valence-corrected chi connectivity index (χ2v) is 5.12. The van der Waals surface area contributed by atoms with Crippen LogP contribution < -0.4 is 10.0 Å². The van der Waals surface area contributed by atoms with E-state index >= 15 is 0 Å². The van der Waals surface area contributed by atoms with Gasteiger partial charge in [0.15, 0.2) is 0 Å². The first-order valence-corrected chi connectivity index (χ1v) is 6.49. The van der Waals surface area contributed by atoms with Crippen LogP contribution in [-0.4, -0.2) is 29.7 Å². The number of quaternary nitrogens is 1. The Morgan fingerprint density at radius 3 is 2.95 bits per heavy atom. The quantitative estimate of drug-likeness (QED) is 0.565. The first kappa shape index (κ1) is 13.8. The summed E-state index contributed by atoms with van der Waals surface area (Å²) in [5.41, 5.74) is 0.451. The summed E-state index contributed by atoms with van der Waals surface area (Å²) in [4.78, 5) is 11.4. The van der Waals surface area contributed by atoms with Crippen molar-refractivity contribution in [2.75, 3.05) is 19.7 Å². The molecule has 19 heavy (non-hydrogen) atoms. The monoisotopic (exact) mass is 266 g/mol. The van der Waals surface area contributed by atoms with Crippen LogP contribution in [0.2, 0.25) is 0 Å². The molecular weight excluding hydrogens is 248 g/mol. The third-order valence-electron chi connectivity index (χ3n) is 3.67. The third-order valence-corrected chi connectivity index (χ3v) is 3.67. The lowest BCUT2D eigenvalue weighted by atomic mass is 9.98. The van der Waals surface area contributed by atoms with Gasteiger partial charge in [0.2, 0.25) is 0 Å². The van der Waals surface area contributed by atoms with Crippen LogP contribution in [0.1, 0.15) is 18.4 Å². The molecule has 1 aromatic rings. The van der Waals surface area contributed by atoms with Gasteiger partial charge in [0.05, 0.1) is 24.6 Å². The number of nitrogens with zero attached hydrogens (tertiary/aromatic N) is 1. The van der Waals surface area contributed by atoms with Gasteiger partial charge in [-0.05, 0) is 12.8 Å². The van der Waals surface area contributed by atoms with Crippen LogP contribution in [0, 0.1) is 16.0 Å². The largest absolute Gasteiger partial charge is 0.872 e. The average Bonchev–Trinajstić information content (AvgIpc) is 2.41. The van der Waals surface area contributed by atoms with E-state index in [0.29, 0.717) is 12.1 Å². The number of aliphatic hydroxyl groups excluding tert-OH is 1. The van der Waals surface area contributed by atoms with Crippen molar-refractivity contribution in [3.63, 3.8) is 0 Å². The second-order valence-electron chi connectivity index (χ2n) is 5.12. The summed E-state index contributed by atoms with van der Waals surface area (Å²) in [6.45, 7) is 2.43. The number of aliphatic hydroxyl groups is 1. The van der Waals surface area contributed by atoms with E-state index in [0.717, 1.165) is 25.9 Å². The van der Waals surface area contributed by atoms with Gasteiger partial charge in [-0.3, -0.25) is 10.1 Å². The molecule has 0 radical (unpaired) electrons. The van der Waals surface area contributed by atoms with Gasteiger partial charge in [-0.15, -0.1) is 0 Å². The van der Waals surface area contributed by atoms with Gasteiger partial charge in [-0.25, -0.2) is 0 Å². The van der Waals surface area contributed by atoms with Gasteiger partial charge >= 0.3 is 0 Å². The lowest BCUT2D eigenvalue weighted by molar-refractivity contribution is -0.922. The summed E-state index contributed by atoms with van der Waals surface area (Å²) in [5, 5.41) is 31.6. The number of hydrogen-bond acceptors (Lipinski definition) is 4. The highest BCUT2D eigenvalue weighted by Gasteiger charge is 2.23. The van der Waals surface area contributed by atoms with Crippen molar-refractivity contribution < 1.29 is 20.0 Å². The molecule has 2 N–H and O–H groups in total. The Labute approximate surface area is 111 Å². The fraction of sp³-hybridized carbons (Fsp3) is 0.538. The van der Waals surface area contributed by atoms with Gasteiger partial charge in [-0.2, -0.15) is 0 Å². The molecule has 1 aliphatic heterocycles. The highest BCUT2D eigenvalue weighted by atomic mass is 16.6. The first-order chi connectivity index (χ1) is 9.10. The molecule has 2 atom stereocenters. The van der Waals surface area contributed by atoms with Crippen LogP contribution in [0.15, 0.2) is 18.2 Å². The molecule has 0 saturated carbocycles. The van der Waals surface area contributed by atoms with Gasteiger partial charge in [-0.1, -0.05) is 11.8 Å². The molecule has 0 amide bonds. The molecule has 2 rings (SSSR count). The summed E-state index contributed by atoms with van der Waals surface area (Å²) >= 11 is 0. The van der Waals surface area contributed by atoms with Crippen LogP contribution in [0.5, 0.6) is 5.75 Å². The summed E-state index contributed by atoms with van der Waals surface area (Å²) in [6, 6.07) is 3.88. The minimum Gasteiger partial charge on any atom is -0.872 e. The minimum absolute atomic E-state index is 0.0373. The Hall–Kier alpha value is -1.66. The van der Waals surface area contributed by atoms with Gasteiger partial charge in [0, 0.05) is 23.6 Å². The van der Waals surface area contributed by atoms with Gasteiger partial charge < -0.3 is 15.1 Å². The number of nitro groups is 1. The molecular formula is C13H18N2O4. The number of piperidine rings is 1. The van der Waals surface area contributed by atoms with Crippen molar-refractivity contribution >= 4 is 5.69 Å². The van der Waals surface area contributed by atoms with E-state index < -0.39 is 4.92 Å². The SMILES string of the molecule is O=[N+]([O-])c1ccc([O-])c(C[NH+]2CCC[C@H](CO)C2)c1. The van der Waals surface area contributed by atoms with Crippen LogP contribution in [0.4, 0.5) is 5.69 Å². The van der Waals surface area contributed by atoms with Crippen molar-refractivity contribution in [3.05, 3.63) is 33.9 Å². The van der Waals surface area contributed by atoms with E-state index in [9.17, 15) is 20.3 Å². The minimum atomic E-state index is -0.481. The molecule has 6 nitrogen and oxygen atoms in total.